The van der Waals surface area contributed by atoms with Gasteiger partial charge in [0.05, 0.1) is 0 Å². The summed E-state index contributed by atoms with van der Waals surface area (Å²) in [5, 5.41) is 0. The Morgan fingerprint density at radius 2 is 0.645 bits per heavy atom. The van der Waals surface area contributed by atoms with Crippen molar-refractivity contribution in [3.05, 3.63) is 85.1 Å². The first-order valence-electron chi connectivity index (χ1n) is 25.6. The van der Waals surface area contributed by atoms with Gasteiger partial charge in [-0.25, -0.2) is 0 Å². The van der Waals surface area contributed by atoms with Crippen LogP contribution in [0.5, 0.6) is 0 Å². The van der Waals surface area contributed by atoms with Crippen molar-refractivity contribution in [2.75, 3.05) is 13.2 Å². The summed E-state index contributed by atoms with van der Waals surface area (Å²) in [5.41, 5.74) is 0. The van der Waals surface area contributed by atoms with Crippen molar-refractivity contribution >= 4 is 17.9 Å². The number of unbranched alkanes of at least 4 members (excludes halogenated alkanes) is 20. The van der Waals surface area contributed by atoms with Gasteiger partial charge in [0.15, 0.2) is 6.10 Å². The van der Waals surface area contributed by atoms with Crippen LogP contribution in [0.25, 0.3) is 0 Å². The van der Waals surface area contributed by atoms with E-state index in [1.54, 1.807) is 0 Å². The van der Waals surface area contributed by atoms with Crippen molar-refractivity contribution in [2.24, 2.45) is 0 Å². The molecular weight excluding hydrogens is 769 g/mol. The van der Waals surface area contributed by atoms with Crippen molar-refractivity contribution in [3.63, 3.8) is 0 Å². The molecule has 1 unspecified atom stereocenters. The van der Waals surface area contributed by atoms with Gasteiger partial charge in [-0.05, 0) is 109 Å². The van der Waals surface area contributed by atoms with E-state index in [0.717, 1.165) is 96.3 Å². The topological polar surface area (TPSA) is 78.9 Å². The fourth-order valence-corrected chi connectivity index (χ4v) is 6.76. The van der Waals surface area contributed by atoms with E-state index in [1.807, 2.05) is 0 Å². The van der Waals surface area contributed by atoms with Crippen LogP contribution in [0.2, 0.25) is 0 Å². The standard InChI is InChI=1S/C56H94O6/c1-4-7-10-13-16-19-22-25-27-28-30-31-34-37-40-43-46-49-55(58)61-52-53(51-60-54(57)48-45-42-39-36-33-24-21-18-15-12-9-6-3)62-56(59)50-47-44-41-38-35-32-29-26-23-20-17-14-11-8-5-2/h9,12,16,18-21,23,25,27,30-31,37,40,53H,4-8,10-11,13-15,17,22,24,26,28-29,32-36,38-39,41-52H2,1-3H3/b12-9-,19-16-,21-18-,23-20-,27-25-,31-30-,40-37-. The quantitative estimate of drug-likeness (QED) is 0.0263. The van der Waals surface area contributed by atoms with E-state index in [-0.39, 0.29) is 37.5 Å². The first-order valence-corrected chi connectivity index (χ1v) is 25.6. The number of hydrogen-bond donors (Lipinski definition) is 0. The molecule has 0 aliphatic rings. The third kappa shape index (κ3) is 47.6. The van der Waals surface area contributed by atoms with Gasteiger partial charge in [-0.1, -0.05) is 189 Å². The van der Waals surface area contributed by atoms with Crippen molar-refractivity contribution in [1.82, 2.24) is 0 Å². The minimum Gasteiger partial charge on any atom is -0.462 e. The summed E-state index contributed by atoms with van der Waals surface area (Å²) >= 11 is 0. The SMILES string of the molecule is CC/C=C\C/C=C\CCCCCCCC(=O)OCC(COC(=O)CCC/C=C\C/C=C\C/C=C\C/C=C\CCCCC)OC(=O)CCCCCCCCC/C=C\CCCCCC. The Bertz CT molecular complexity index is 1220. The zero-order chi connectivity index (χ0) is 45.1. The Hall–Kier alpha value is -3.41. The smallest absolute Gasteiger partial charge is 0.306 e. The summed E-state index contributed by atoms with van der Waals surface area (Å²) in [7, 11) is 0. The molecule has 0 saturated carbocycles. The second kappa shape index (κ2) is 50.2. The summed E-state index contributed by atoms with van der Waals surface area (Å²) in [4.78, 5) is 37.9. The summed E-state index contributed by atoms with van der Waals surface area (Å²) in [6.07, 6.45) is 64.3. The Morgan fingerprint density at radius 1 is 0.339 bits per heavy atom. The number of esters is 3. The summed E-state index contributed by atoms with van der Waals surface area (Å²) in [5.74, 6) is -0.982. The average Bonchev–Trinajstić information content (AvgIpc) is 3.27. The van der Waals surface area contributed by atoms with E-state index < -0.39 is 6.10 Å². The lowest BCUT2D eigenvalue weighted by molar-refractivity contribution is -0.167. The first-order chi connectivity index (χ1) is 30.5. The fourth-order valence-electron chi connectivity index (χ4n) is 6.76. The Balaban J connectivity index is 4.49. The molecule has 0 rings (SSSR count). The van der Waals surface area contributed by atoms with Crippen LogP contribution < -0.4 is 0 Å². The lowest BCUT2D eigenvalue weighted by atomic mass is 10.1. The maximum Gasteiger partial charge on any atom is 0.306 e. The number of allylic oxidation sites excluding steroid dienone is 14. The molecule has 0 bridgehead atoms. The monoisotopic (exact) mass is 863 g/mol. The van der Waals surface area contributed by atoms with Gasteiger partial charge in [0.1, 0.15) is 13.2 Å². The maximum atomic E-state index is 12.8. The lowest BCUT2D eigenvalue weighted by Gasteiger charge is -2.18. The Morgan fingerprint density at radius 3 is 1.10 bits per heavy atom. The van der Waals surface area contributed by atoms with Gasteiger partial charge in [-0.3, -0.25) is 14.4 Å². The number of ether oxygens (including phenoxy) is 3. The predicted molar refractivity (Wildman–Crippen MR) is 265 cm³/mol. The van der Waals surface area contributed by atoms with Crippen LogP contribution in [0.15, 0.2) is 85.1 Å². The van der Waals surface area contributed by atoms with Gasteiger partial charge in [0, 0.05) is 19.3 Å². The average molecular weight is 863 g/mol. The Labute approximate surface area is 382 Å². The molecule has 0 aromatic carbocycles. The zero-order valence-electron chi connectivity index (χ0n) is 40.4. The first kappa shape index (κ1) is 58.6. The van der Waals surface area contributed by atoms with Crippen molar-refractivity contribution < 1.29 is 28.6 Å². The van der Waals surface area contributed by atoms with Crippen LogP contribution in [-0.2, 0) is 28.6 Å². The highest BCUT2D eigenvalue weighted by molar-refractivity contribution is 5.71. The molecule has 0 saturated heterocycles. The molecule has 62 heavy (non-hydrogen) atoms. The molecule has 0 spiro atoms. The summed E-state index contributed by atoms with van der Waals surface area (Å²) in [6, 6.07) is 0. The molecule has 1 atom stereocenters. The second-order valence-corrected chi connectivity index (χ2v) is 16.7. The van der Waals surface area contributed by atoms with Crippen LogP contribution in [-0.4, -0.2) is 37.2 Å². The number of rotatable bonds is 45. The number of hydrogen-bond acceptors (Lipinski definition) is 6. The minimum atomic E-state index is -0.806. The van der Waals surface area contributed by atoms with E-state index in [9.17, 15) is 14.4 Å². The van der Waals surface area contributed by atoms with Crippen molar-refractivity contribution in [2.45, 2.75) is 239 Å². The van der Waals surface area contributed by atoms with Crippen LogP contribution in [0.3, 0.4) is 0 Å². The molecule has 0 heterocycles. The molecule has 0 aliphatic carbocycles. The van der Waals surface area contributed by atoms with Gasteiger partial charge in [0.2, 0.25) is 0 Å². The van der Waals surface area contributed by atoms with E-state index in [4.69, 9.17) is 14.2 Å². The lowest BCUT2D eigenvalue weighted by Crippen LogP contribution is -2.30. The van der Waals surface area contributed by atoms with E-state index in [1.165, 1.54) is 89.9 Å². The highest BCUT2D eigenvalue weighted by Crippen LogP contribution is 2.13. The molecule has 0 aromatic heterocycles. The maximum absolute atomic E-state index is 12.8. The molecule has 6 heteroatoms. The van der Waals surface area contributed by atoms with E-state index in [0.29, 0.717) is 19.3 Å². The van der Waals surface area contributed by atoms with Crippen LogP contribution in [0.4, 0.5) is 0 Å². The highest BCUT2D eigenvalue weighted by atomic mass is 16.6. The van der Waals surface area contributed by atoms with E-state index in [2.05, 4.69) is 106 Å². The molecule has 0 aliphatic heterocycles. The van der Waals surface area contributed by atoms with Crippen molar-refractivity contribution in [3.8, 4) is 0 Å². The van der Waals surface area contributed by atoms with E-state index >= 15 is 0 Å². The Kier molecular flexibility index (Phi) is 47.5. The molecule has 0 N–H and O–H groups in total. The predicted octanol–water partition coefficient (Wildman–Crippen LogP) is 16.8. The minimum absolute atomic E-state index is 0.103. The molecular formula is C56H94O6. The third-order valence-corrected chi connectivity index (χ3v) is 10.6. The van der Waals surface area contributed by atoms with Gasteiger partial charge in [0.25, 0.3) is 0 Å². The number of carbonyl (C=O) groups excluding carboxylic acids is 3. The largest absolute Gasteiger partial charge is 0.462 e. The summed E-state index contributed by atoms with van der Waals surface area (Å²) < 4.78 is 16.7. The third-order valence-electron chi connectivity index (χ3n) is 10.6. The zero-order valence-corrected chi connectivity index (χ0v) is 40.4. The molecule has 0 amide bonds. The van der Waals surface area contributed by atoms with Crippen LogP contribution >= 0.6 is 0 Å². The van der Waals surface area contributed by atoms with Gasteiger partial charge >= 0.3 is 17.9 Å². The summed E-state index contributed by atoms with van der Waals surface area (Å²) in [6.45, 7) is 6.42. The van der Waals surface area contributed by atoms with Crippen molar-refractivity contribution in [1.29, 1.82) is 0 Å². The molecule has 6 nitrogen and oxygen atoms in total. The molecule has 354 valence electrons. The highest BCUT2D eigenvalue weighted by Gasteiger charge is 2.19. The van der Waals surface area contributed by atoms with Crippen LogP contribution in [0, 0.1) is 0 Å². The number of carbonyl (C=O) groups is 3. The van der Waals surface area contributed by atoms with Gasteiger partial charge < -0.3 is 14.2 Å². The van der Waals surface area contributed by atoms with Gasteiger partial charge in [-0.2, -0.15) is 0 Å². The second-order valence-electron chi connectivity index (χ2n) is 16.7. The molecule has 0 aromatic rings. The normalized spacial score (nSPS) is 12.8. The molecule has 0 fully saturated rings. The fraction of sp³-hybridized carbons (Fsp3) is 0.696. The molecule has 0 radical (unpaired) electrons. The van der Waals surface area contributed by atoms with Gasteiger partial charge in [-0.15, -0.1) is 0 Å². The van der Waals surface area contributed by atoms with Crippen LogP contribution in [0.1, 0.15) is 233 Å².